The minimum Gasteiger partial charge on any atom is -0.490 e. The summed E-state index contributed by atoms with van der Waals surface area (Å²) in [5.74, 6) is 0.935. The highest BCUT2D eigenvalue weighted by atomic mass is 16.5. The Bertz CT molecular complexity index is 410. The normalized spacial score (nSPS) is 17.8. The van der Waals surface area contributed by atoms with Crippen LogP contribution in [-0.4, -0.2) is 12.6 Å². The summed E-state index contributed by atoms with van der Waals surface area (Å²) >= 11 is 0. The zero-order valence-electron chi connectivity index (χ0n) is 8.68. The van der Waals surface area contributed by atoms with Crippen LogP contribution in [0.15, 0.2) is 23.3 Å². The number of aryl methyl sites for hydroxylation is 1. The fourth-order valence-electron chi connectivity index (χ4n) is 1.82. The van der Waals surface area contributed by atoms with E-state index in [1.54, 1.807) is 0 Å². The molecule has 1 aromatic carbocycles. The van der Waals surface area contributed by atoms with E-state index in [1.807, 2.05) is 6.07 Å². The molecule has 0 radical (unpaired) electrons. The quantitative estimate of drug-likeness (QED) is 0.423. The maximum Gasteiger partial charge on any atom is 0.123 e. The minimum atomic E-state index is 0.0167. The molecule has 0 N–H and O–H groups in total. The van der Waals surface area contributed by atoms with Crippen LogP contribution in [0.1, 0.15) is 18.1 Å². The molecule has 15 heavy (non-hydrogen) atoms. The lowest BCUT2D eigenvalue weighted by molar-refractivity contribution is 0.241. The Labute approximate surface area is 88.5 Å². The molecule has 0 saturated heterocycles. The first-order valence-corrected chi connectivity index (χ1v) is 5.12. The van der Waals surface area contributed by atoms with E-state index in [1.165, 1.54) is 11.1 Å². The van der Waals surface area contributed by atoms with Crippen molar-refractivity contribution in [3.8, 4) is 5.75 Å². The number of hydrogen-bond acceptors (Lipinski definition) is 2. The molecule has 0 amide bonds. The first-order valence-electron chi connectivity index (χ1n) is 5.12. The molecule has 0 fully saturated rings. The molecule has 1 aromatic rings. The van der Waals surface area contributed by atoms with Gasteiger partial charge in [-0.25, -0.2) is 0 Å². The summed E-state index contributed by atoms with van der Waals surface area (Å²) in [6.07, 6.45) is 1.90. The van der Waals surface area contributed by atoms with Gasteiger partial charge in [0.15, 0.2) is 0 Å². The highest BCUT2D eigenvalue weighted by molar-refractivity contribution is 5.40. The molecule has 1 atom stereocenters. The van der Waals surface area contributed by atoms with Gasteiger partial charge in [-0.1, -0.05) is 24.2 Å². The summed E-state index contributed by atoms with van der Waals surface area (Å²) in [4.78, 5) is 2.74. The van der Waals surface area contributed by atoms with Crippen molar-refractivity contribution >= 4 is 0 Å². The van der Waals surface area contributed by atoms with E-state index >= 15 is 0 Å². The third kappa shape index (κ3) is 2.05. The zero-order chi connectivity index (χ0) is 10.7. The van der Waals surface area contributed by atoms with Crippen LogP contribution in [0.3, 0.4) is 0 Å². The van der Waals surface area contributed by atoms with Gasteiger partial charge in [-0.2, -0.15) is 0 Å². The highest BCUT2D eigenvalue weighted by Crippen LogP contribution is 2.29. The third-order valence-corrected chi connectivity index (χ3v) is 2.62. The number of fused-ring (bicyclic) bond motifs is 1. The molecule has 1 aliphatic heterocycles. The van der Waals surface area contributed by atoms with Crippen LogP contribution < -0.4 is 4.74 Å². The van der Waals surface area contributed by atoms with E-state index in [0.717, 1.165) is 18.6 Å². The highest BCUT2D eigenvalue weighted by Gasteiger charge is 2.21. The summed E-state index contributed by atoms with van der Waals surface area (Å²) in [5.41, 5.74) is 10.8. The van der Waals surface area contributed by atoms with Crippen LogP contribution in [-0.2, 0) is 12.8 Å². The molecular formula is C11H13N3O. The summed E-state index contributed by atoms with van der Waals surface area (Å²) < 4.78 is 5.64. The molecule has 0 spiro atoms. The molecule has 1 heterocycles. The largest absolute Gasteiger partial charge is 0.490 e. The monoisotopic (exact) mass is 203 g/mol. The van der Waals surface area contributed by atoms with Gasteiger partial charge in [0.2, 0.25) is 0 Å². The predicted molar refractivity (Wildman–Crippen MR) is 58.0 cm³/mol. The average molecular weight is 203 g/mol. The minimum absolute atomic E-state index is 0.0167. The van der Waals surface area contributed by atoms with Crippen molar-refractivity contribution < 1.29 is 4.74 Å². The topological polar surface area (TPSA) is 58.0 Å². The van der Waals surface area contributed by atoms with Gasteiger partial charge in [0.25, 0.3) is 0 Å². The van der Waals surface area contributed by atoms with Crippen LogP contribution in [0.2, 0.25) is 0 Å². The maximum absolute atomic E-state index is 8.23. The van der Waals surface area contributed by atoms with Crippen molar-refractivity contribution in [3.05, 3.63) is 39.8 Å². The van der Waals surface area contributed by atoms with E-state index < -0.39 is 0 Å². The Kier molecular flexibility index (Phi) is 2.79. The SMILES string of the molecule is CCc1ccc2c(c1)C[C@@H](CN=[N+]=[N-])O2. The number of rotatable bonds is 3. The van der Waals surface area contributed by atoms with Gasteiger partial charge in [0.1, 0.15) is 11.9 Å². The fraction of sp³-hybridized carbons (Fsp3) is 0.455. The van der Waals surface area contributed by atoms with Crippen LogP contribution >= 0.6 is 0 Å². The van der Waals surface area contributed by atoms with Gasteiger partial charge in [-0.3, -0.25) is 0 Å². The molecular weight excluding hydrogens is 190 g/mol. The predicted octanol–water partition coefficient (Wildman–Crippen LogP) is 2.86. The molecule has 4 nitrogen and oxygen atoms in total. The number of hydrogen-bond donors (Lipinski definition) is 0. The molecule has 0 aromatic heterocycles. The van der Waals surface area contributed by atoms with Crippen molar-refractivity contribution in [2.45, 2.75) is 25.9 Å². The summed E-state index contributed by atoms with van der Waals surface area (Å²) in [7, 11) is 0. The van der Waals surface area contributed by atoms with Gasteiger partial charge >= 0.3 is 0 Å². The summed E-state index contributed by atoms with van der Waals surface area (Å²) in [5, 5.41) is 3.53. The first kappa shape index (κ1) is 9.87. The second-order valence-electron chi connectivity index (χ2n) is 3.65. The lowest BCUT2D eigenvalue weighted by Crippen LogP contribution is -2.16. The lowest BCUT2D eigenvalue weighted by atomic mass is 10.1. The molecule has 0 saturated carbocycles. The molecule has 78 valence electrons. The van der Waals surface area contributed by atoms with Gasteiger partial charge in [0, 0.05) is 11.3 Å². The second-order valence-corrected chi connectivity index (χ2v) is 3.65. The number of benzene rings is 1. The zero-order valence-corrected chi connectivity index (χ0v) is 8.68. The Balaban J connectivity index is 2.12. The molecule has 0 aliphatic carbocycles. The van der Waals surface area contributed by atoms with Crippen LogP contribution in [0.4, 0.5) is 0 Å². The number of ether oxygens (including phenoxy) is 1. The summed E-state index contributed by atoms with van der Waals surface area (Å²) in [6.45, 7) is 2.54. The van der Waals surface area contributed by atoms with E-state index in [-0.39, 0.29) is 6.10 Å². The number of nitrogens with zero attached hydrogens (tertiary/aromatic N) is 3. The molecule has 0 bridgehead atoms. The van der Waals surface area contributed by atoms with E-state index in [0.29, 0.717) is 6.54 Å². The first-order chi connectivity index (χ1) is 7.33. The Morgan fingerprint density at radius 1 is 1.60 bits per heavy atom. The smallest absolute Gasteiger partial charge is 0.123 e. The molecule has 2 rings (SSSR count). The van der Waals surface area contributed by atoms with Crippen LogP contribution in [0, 0.1) is 0 Å². The van der Waals surface area contributed by atoms with E-state index in [9.17, 15) is 0 Å². The Hall–Kier alpha value is -1.67. The summed E-state index contributed by atoms with van der Waals surface area (Å²) in [6, 6.07) is 6.25. The Morgan fingerprint density at radius 2 is 2.47 bits per heavy atom. The molecule has 1 aliphatic rings. The van der Waals surface area contributed by atoms with Crippen LogP contribution in [0.5, 0.6) is 5.75 Å². The van der Waals surface area contributed by atoms with E-state index in [4.69, 9.17) is 10.3 Å². The molecule has 4 heteroatoms. The number of azide groups is 1. The lowest BCUT2D eigenvalue weighted by Gasteiger charge is -2.05. The van der Waals surface area contributed by atoms with Gasteiger partial charge < -0.3 is 4.74 Å². The average Bonchev–Trinajstić information content (AvgIpc) is 2.67. The van der Waals surface area contributed by atoms with Crippen molar-refractivity contribution in [2.24, 2.45) is 5.11 Å². The van der Waals surface area contributed by atoms with Gasteiger partial charge in [0.05, 0.1) is 6.54 Å². The van der Waals surface area contributed by atoms with Crippen molar-refractivity contribution in [2.75, 3.05) is 6.54 Å². The standard InChI is InChI=1S/C11H13N3O/c1-2-8-3-4-11-9(5-8)6-10(15-11)7-13-14-12/h3-5,10H,2,6-7H2,1H3/t10-/m0/s1. The van der Waals surface area contributed by atoms with E-state index in [2.05, 4.69) is 29.1 Å². The van der Waals surface area contributed by atoms with Gasteiger partial charge in [-0.05, 0) is 29.1 Å². The second kappa shape index (κ2) is 4.24. The maximum atomic E-state index is 8.23. The van der Waals surface area contributed by atoms with Gasteiger partial charge in [-0.15, -0.1) is 0 Å². The third-order valence-electron chi connectivity index (χ3n) is 2.62. The fourth-order valence-corrected chi connectivity index (χ4v) is 1.82. The van der Waals surface area contributed by atoms with Crippen molar-refractivity contribution in [1.82, 2.24) is 0 Å². The van der Waals surface area contributed by atoms with Crippen molar-refractivity contribution in [1.29, 1.82) is 0 Å². The van der Waals surface area contributed by atoms with Crippen LogP contribution in [0.25, 0.3) is 10.4 Å². The Morgan fingerprint density at radius 3 is 3.20 bits per heavy atom. The molecule has 0 unspecified atom stereocenters. The van der Waals surface area contributed by atoms with Crippen molar-refractivity contribution in [3.63, 3.8) is 0 Å².